The predicted molar refractivity (Wildman–Crippen MR) is 40.1 cm³/mol. The van der Waals surface area contributed by atoms with Gasteiger partial charge >= 0.3 is 0 Å². The van der Waals surface area contributed by atoms with Gasteiger partial charge in [0.25, 0.3) is 0 Å². The maximum Gasteiger partial charge on any atom is 0.122 e. The minimum atomic E-state index is 0.776. The molecule has 0 aliphatic heterocycles. The van der Waals surface area contributed by atoms with Crippen LogP contribution in [0.2, 0.25) is 0 Å². The molecular formula is C7H6BrO. The normalized spacial score (nSPS) is 9.11. The molecule has 1 aromatic rings. The van der Waals surface area contributed by atoms with Crippen LogP contribution >= 0.6 is 15.9 Å². The van der Waals surface area contributed by atoms with E-state index in [0.717, 1.165) is 10.2 Å². The van der Waals surface area contributed by atoms with Crippen molar-refractivity contribution >= 4 is 15.9 Å². The molecule has 0 N–H and O–H groups in total. The molecule has 1 aromatic carbocycles. The standard InChI is InChI=1S/C7H6BrO/c1-9-7-4-2-6(8)3-5-7/h2-5H,1H2. The Labute approximate surface area is 62.8 Å². The van der Waals surface area contributed by atoms with Crippen molar-refractivity contribution in [3.63, 3.8) is 0 Å². The van der Waals surface area contributed by atoms with Crippen molar-refractivity contribution in [2.45, 2.75) is 0 Å². The van der Waals surface area contributed by atoms with E-state index in [0.29, 0.717) is 0 Å². The third-order valence-electron chi connectivity index (χ3n) is 0.980. The van der Waals surface area contributed by atoms with Crippen molar-refractivity contribution in [1.29, 1.82) is 0 Å². The highest BCUT2D eigenvalue weighted by molar-refractivity contribution is 9.10. The van der Waals surface area contributed by atoms with E-state index in [1.54, 1.807) is 0 Å². The molecule has 2 heteroatoms. The van der Waals surface area contributed by atoms with Gasteiger partial charge < -0.3 is 4.74 Å². The van der Waals surface area contributed by atoms with Crippen LogP contribution in [0.25, 0.3) is 0 Å². The van der Waals surface area contributed by atoms with Gasteiger partial charge in [-0.15, -0.1) is 0 Å². The molecule has 0 unspecified atom stereocenters. The van der Waals surface area contributed by atoms with E-state index in [9.17, 15) is 0 Å². The molecule has 0 aromatic heterocycles. The van der Waals surface area contributed by atoms with Crippen LogP contribution in [0.5, 0.6) is 5.75 Å². The molecule has 0 atom stereocenters. The molecule has 0 fully saturated rings. The van der Waals surface area contributed by atoms with E-state index in [4.69, 9.17) is 4.74 Å². The second-order valence-corrected chi connectivity index (χ2v) is 2.51. The maximum atomic E-state index is 4.70. The first kappa shape index (κ1) is 6.62. The number of ether oxygens (including phenoxy) is 1. The Morgan fingerprint density at radius 3 is 2.22 bits per heavy atom. The van der Waals surface area contributed by atoms with Crippen LogP contribution in [-0.4, -0.2) is 0 Å². The Bertz CT molecular complexity index is 181. The molecule has 1 radical (unpaired) electrons. The Hall–Kier alpha value is -0.500. The minimum Gasteiger partial charge on any atom is -0.490 e. The van der Waals surface area contributed by atoms with E-state index < -0.39 is 0 Å². The highest BCUT2D eigenvalue weighted by Gasteiger charge is 1.87. The summed E-state index contributed by atoms with van der Waals surface area (Å²) < 4.78 is 5.74. The van der Waals surface area contributed by atoms with Crippen LogP contribution in [0.3, 0.4) is 0 Å². The van der Waals surface area contributed by atoms with Crippen LogP contribution in [0.15, 0.2) is 28.7 Å². The highest BCUT2D eigenvalue weighted by atomic mass is 79.9. The lowest BCUT2D eigenvalue weighted by atomic mass is 10.3. The van der Waals surface area contributed by atoms with E-state index >= 15 is 0 Å². The lowest BCUT2D eigenvalue weighted by molar-refractivity contribution is 0.473. The summed E-state index contributed by atoms with van der Waals surface area (Å²) >= 11 is 3.30. The zero-order valence-corrected chi connectivity index (χ0v) is 6.39. The number of hydrogen-bond donors (Lipinski definition) is 0. The van der Waals surface area contributed by atoms with Crippen LogP contribution in [0, 0.1) is 7.11 Å². The van der Waals surface area contributed by atoms with Gasteiger partial charge in [-0.25, -0.2) is 0 Å². The molecule has 47 valence electrons. The average Bonchev–Trinajstić information content (AvgIpc) is 1.90. The zero-order chi connectivity index (χ0) is 6.69. The fourth-order valence-electron chi connectivity index (χ4n) is 0.531. The van der Waals surface area contributed by atoms with E-state index in [-0.39, 0.29) is 0 Å². The molecule has 1 rings (SSSR count). The molecule has 0 amide bonds. The van der Waals surface area contributed by atoms with E-state index in [2.05, 4.69) is 23.0 Å². The minimum absolute atomic E-state index is 0.776. The first-order valence-corrected chi connectivity index (χ1v) is 3.30. The van der Waals surface area contributed by atoms with Crippen molar-refractivity contribution in [2.24, 2.45) is 0 Å². The largest absolute Gasteiger partial charge is 0.490 e. The van der Waals surface area contributed by atoms with Gasteiger partial charge in [0, 0.05) is 4.47 Å². The molecule has 0 saturated carbocycles. The second-order valence-electron chi connectivity index (χ2n) is 1.60. The van der Waals surface area contributed by atoms with Crippen molar-refractivity contribution in [1.82, 2.24) is 0 Å². The zero-order valence-electron chi connectivity index (χ0n) is 4.80. The molecule has 0 aliphatic carbocycles. The highest BCUT2D eigenvalue weighted by Crippen LogP contribution is 2.15. The Kier molecular flexibility index (Phi) is 2.11. The van der Waals surface area contributed by atoms with E-state index in [1.165, 1.54) is 0 Å². The van der Waals surface area contributed by atoms with Crippen LogP contribution in [0.1, 0.15) is 0 Å². The summed E-state index contributed by atoms with van der Waals surface area (Å²) in [5, 5.41) is 0. The van der Waals surface area contributed by atoms with Crippen molar-refractivity contribution in [3.05, 3.63) is 35.8 Å². The van der Waals surface area contributed by atoms with Gasteiger partial charge in [0.2, 0.25) is 0 Å². The third kappa shape index (κ3) is 1.72. The molecule has 0 heterocycles. The van der Waals surface area contributed by atoms with Crippen LogP contribution in [-0.2, 0) is 0 Å². The number of hydrogen-bond acceptors (Lipinski definition) is 1. The summed E-state index contributed by atoms with van der Waals surface area (Å²) in [6, 6.07) is 7.50. The average molecular weight is 186 g/mol. The number of benzene rings is 1. The van der Waals surface area contributed by atoms with Crippen LogP contribution in [0.4, 0.5) is 0 Å². The van der Waals surface area contributed by atoms with Crippen molar-refractivity contribution < 1.29 is 4.74 Å². The molecule has 0 aliphatic rings. The smallest absolute Gasteiger partial charge is 0.122 e. The van der Waals surface area contributed by atoms with E-state index in [1.807, 2.05) is 24.3 Å². The topological polar surface area (TPSA) is 9.23 Å². The summed E-state index contributed by atoms with van der Waals surface area (Å²) in [5.74, 6) is 0.776. The van der Waals surface area contributed by atoms with Gasteiger partial charge in [-0.2, -0.15) is 0 Å². The van der Waals surface area contributed by atoms with Gasteiger partial charge in [-0.3, -0.25) is 0 Å². The van der Waals surface area contributed by atoms with Gasteiger partial charge in [0.05, 0.1) is 0 Å². The summed E-state index contributed by atoms with van der Waals surface area (Å²) in [7, 11) is 3.27. The Morgan fingerprint density at radius 2 is 1.78 bits per heavy atom. The molecule has 9 heavy (non-hydrogen) atoms. The maximum absolute atomic E-state index is 4.70. The number of halogens is 1. The van der Waals surface area contributed by atoms with Gasteiger partial charge in [-0.1, -0.05) is 15.9 Å². The first-order valence-electron chi connectivity index (χ1n) is 2.50. The second kappa shape index (κ2) is 2.87. The molecule has 1 nitrogen and oxygen atoms in total. The SMILES string of the molecule is [CH2]Oc1ccc(Br)cc1. The Balaban J connectivity index is 2.88. The summed E-state index contributed by atoms with van der Waals surface area (Å²) in [4.78, 5) is 0. The van der Waals surface area contributed by atoms with Crippen LogP contribution < -0.4 is 4.74 Å². The van der Waals surface area contributed by atoms with Crippen molar-refractivity contribution in [2.75, 3.05) is 0 Å². The van der Waals surface area contributed by atoms with Gasteiger partial charge in [0.15, 0.2) is 0 Å². The Morgan fingerprint density at radius 1 is 1.22 bits per heavy atom. The number of rotatable bonds is 1. The summed E-state index contributed by atoms with van der Waals surface area (Å²) in [6.45, 7) is 0. The predicted octanol–water partition coefficient (Wildman–Crippen LogP) is 2.62. The quantitative estimate of drug-likeness (QED) is 0.654. The third-order valence-corrected chi connectivity index (χ3v) is 1.51. The first-order chi connectivity index (χ1) is 4.33. The summed E-state index contributed by atoms with van der Waals surface area (Å²) in [6.07, 6.45) is 0. The van der Waals surface area contributed by atoms with Gasteiger partial charge in [-0.05, 0) is 24.3 Å². The summed E-state index contributed by atoms with van der Waals surface area (Å²) in [5.41, 5.74) is 0. The fourth-order valence-corrected chi connectivity index (χ4v) is 0.795. The monoisotopic (exact) mass is 185 g/mol. The molecule has 0 spiro atoms. The molecule has 0 bridgehead atoms. The molecular weight excluding hydrogens is 180 g/mol. The lowest BCUT2D eigenvalue weighted by Crippen LogP contribution is -1.75. The lowest BCUT2D eigenvalue weighted by Gasteiger charge is -1.95. The molecule has 0 saturated heterocycles. The van der Waals surface area contributed by atoms with Gasteiger partial charge in [0.1, 0.15) is 12.9 Å². The van der Waals surface area contributed by atoms with Crippen molar-refractivity contribution in [3.8, 4) is 5.75 Å². The fraction of sp³-hybridized carbons (Fsp3) is 0.